The Morgan fingerprint density at radius 2 is 2.11 bits per heavy atom. The Balaban J connectivity index is 1.57. The molecule has 0 bridgehead atoms. The minimum Gasteiger partial charge on any atom is -0.468 e. The number of rotatable bonds is 9. The number of aliphatic hydroxyl groups is 2. The molecule has 16 heteroatoms. The molecule has 6 N–H and O–H groups in total. The van der Waals surface area contributed by atoms with Gasteiger partial charge in [-0.05, 0) is 26.0 Å². The van der Waals surface area contributed by atoms with Gasteiger partial charge in [-0.2, -0.15) is 10.1 Å². The van der Waals surface area contributed by atoms with Crippen molar-refractivity contribution in [3.8, 4) is 5.75 Å². The molecule has 1 aliphatic rings. The number of benzene rings is 1. The first-order valence-electron chi connectivity index (χ1n) is 11.1. The first-order valence-corrected chi connectivity index (χ1v) is 12.6. The molecule has 1 aromatic carbocycles. The van der Waals surface area contributed by atoms with Crippen LogP contribution >= 0.6 is 7.75 Å². The number of anilines is 1. The summed E-state index contributed by atoms with van der Waals surface area (Å²) in [6.45, 7) is 2.19. The molecule has 2 aromatic heterocycles. The third-order valence-corrected chi connectivity index (χ3v) is 7.39. The number of aromatic nitrogens is 4. The number of methoxy groups -OCH3 is 1. The number of carbonyl (C=O) groups excluding carboxylic acids is 1. The maximum atomic E-state index is 13.6. The predicted octanol–water partition coefficient (Wildman–Crippen LogP) is 0.0659. The number of H-pyrrole nitrogens is 1. The zero-order chi connectivity index (χ0) is 27.0. The zero-order valence-electron chi connectivity index (χ0n) is 20.1. The first-order chi connectivity index (χ1) is 17.4. The van der Waals surface area contributed by atoms with Crippen LogP contribution in [-0.2, 0) is 23.4 Å². The second-order valence-corrected chi connectivity index (χ2v) is 10.2. The molecule has 0 aliphatic carbocycles. The largest absolute Gasteiger partial charge is 0.468 e. The molecule has 2 unspecified atom stereocenters. The van der Waals surface area contributed by atoms with Crippen molar-refractivity contribution < 1.29 is 38.1 Å². The number of hydrogen-bond acceptors (Lipinski definition) is 12. The normalized spacial score (nSPS) is 26.0. The fraction of sp³-hybridized carbons (Fsp3) is 0.429. The van der Waals surface area contributed by atoms with Crippen molar-refractivity contribution in [3.05, 3.63) is 47.0 Å². The Hall–Kier alpha value is -3.33. The fourth-order valence-corrected chi connectivity index (χ4v) is 5.34. The maximum absolute atomic E-state index is 13.6. The molecule has 4 rings (SSSR count). The number of fused-ring (bicyclic) bond motifs is 1. The van der Waals surface area contributed by atoms with E-state index >= 15 is 0 Å². The molecule has 0 saturated carbocycles. The molecular formula is C21H27N6O9P. The second kappa shape index (κ2) is 10.2. The number of para-hydroxylation sites is 1. The summed E-state index contributed by atoms with van der Waals surface area (Å²) in [4.78, 5) is 34.4. The topological polar surface area (TPSA) is 213 Å². The number of ether oxygens (including phenoxy) is 2. The third-order valence-electron chi connectivity index (χ3n) is 5.74. The summed E-state index contributed by atoms with van der Waals surface area (Å²) in [6, 6.07) is 7.02. The number of carbonyl (C=O) groups is 1. The van der Waals surface area contributed by atoms with Gasteiger partial charge in [-0.3, -0.25) is 23.7 Å². The van der Waals surface area contributed by atoms with Crippen molar-refractivity contribution in [1.82, 2.24) is 24.6 Å². The van der Waals surface area contributed by atoms with Gasteiger partial charge >= 0.3 is 13.7 Å². The van der Waals surface area contributed by atoms with E-state index in [-0.39, 0.29) is 22.9 Å². The highest BCUT2D eigenvalue weighted by Gasteiger charge is 2.54. The van der Waals surface area contributed by atoms with E-state index in [0.29, 0.717) is 0 Å². The highest BCUT2D eigenvalue weighted by Crippen LogP contribution is 2.47. The van der Waals surface area contributed by atoms with Gasteiger partial charge < -0.3 is 29.9 Å². The van der Waals surface area contributed by atoms with Gasteiger partial charge in [-0.1, -0.05) is 18.2 Å². The van der Waals surface area contributed by atoms with Gasteiger partial charge in [0.15, 0.2) is 17.4 Å². The average Bonchev–Trinajstić information content (AvgIpc) is 3.36. The monoisotopic (exact) mass is 538 g/mol. The summed E-state index contributed by atoms with van der Waals surface area (Å²) in [5.74, 6) is -0.705. The van der Waals surface area contributed by atoms with E-state index in [2.05, 4.69) is 24.8 Å². The summed E-state index contributed by atoms with van der Waals surface area (Å²) >= 11 is 0. The van der Waals surface area contributed by atoms with Gasteiger partial charge in [0, 0.05) is 0 Å². The number of aromatic amines is 1. The molecule has 1 aliphatic heterocycles. The average molecular weight is 538 g/mol. The SMILES string of the molecule is COC(=O)[C@H](C)NP(=O)(OC[C@H]1OC(n2cnc3c(=O)[nH]c(N)nc32)[C@](C)(O)[C@@H]1O)Oc1ccccc1. The molecule has 200 valence electrons. The summed E-state index contributed by atoms with van der Waals surface area (Å²) < 4.78 is 36.4. The summed E-state index contributed by atoms with van der Waals surface area (Å²) in [7, 11) is -3.06. The quantitative estimate of drug-likeness (QED) is 0.180. The van der Waals surface area contributed by atoms with Gasteiger partial charge in [0.1, 0.15) is 29.6 Å². The number of nitrogens with one attached hydrogen (secondary N) is 2. The zero-order valence-corrected chi connectivity index (χ0v) is 21.0. The minimum absolute atomic E-state index is 0.0203. The lowest BCUT2D eigenvalue weighted by atomic mass is 9.96. The van der Waals surface area contributed by atoms with Crippen LogP contribution in [0.1, 0.15) is 20.1 Å². The second-order valence-electron chi connectivity index (χ2n) is 8.54. The molecular weight excluding hydrogens is 511 g/mol. The summed E-state index contributed by atoms with van der Waals surface area (Å²) in [5.41, 5.74) is 3.09. The van der Waals surface area contributed by atoms with Crippen molar-refractivity contribution >= 4 is 30.8 Å². The van der Waals surface area contributed by atoms with Crippen molar-refractivity contribution in [1.29, 1.82) is 0 Å². The lowest BCUT2D eigenvalue weighted by Crippen LogP contribution is -2.44. The van der Waals surface area contributed by atoms with E-state index in [0.717, 1.165) is 0 Å². The van der Waals surface area contributed by atoms with Gasteiger partial charge in [-0.15, -0.1) is 0 Å². The number of aliphatic hydroxyl groups excluding tert-OH is 1. The van der Waals surface area contributed by atoms with Crippen LogP contribution in [0.3, 0.4) is 0 Å². The predicted molar refractivity (Wildman–Crippen MR) is 128 cm³/mol. The van der Waals surface area contributed by atoms with Crippen LogP contribution in [0, 0.1) is 0 Å². The summed E-state index contributed by atoms with van der Waals surface area (Å²) in [5, 5.41) is 24.4. The van der Waals surface area contributed by atoms with Crippen LogP contribution in [0.15, 0.2) is 41.5 Å². The van der Waals surface area contributed by atoms with E-state index in [1.165, 1.54) is 44.0 Å². The Bertz CT molecular complexity index is 1380. The first kappa shape index (κ1) is 26.7. The number of esters is 1. The van der Waals surface area contributed by atoms with Gasteiger partial charge in [0.2, 0.25) is 5.95 Å². The van der Waals surface area contributed by atoms with Crippen LogP contribution in [0.4, 0.5) is 5.95 Å². The van der Waals surface area contributed by atoms with Crippen LogP contribution in [0.25, 0.3) is 11.2 Å². The molecule has 0 amide bonds. The van der Waals surface area contributed by atoms with Crippen LogP contribution < -0.4 is 20.9 Å². The molecule has 1 saturated heterocycles. The van der Waals surface area contributed by atoms with Gasteiger partial charge in [0.05, 0.1) is 20.0 Å². The molecule has 0 radical (unpaired) electrons. The molecule has 6 atom stereocenters. The van der Waals surface area contributed by atoms with E-state index in [9.17, 15) is 24.4 Å². The van der Waals surface area contributed by atoms with Crippen molar-refractivity contribution in [3.63, 3.8) is 0 Å². The van der Waals surface area contributed by atoms with E-state index in [1.54, 1.807) is 18.2 Å². The smallest absolute Gasteiger partial charge is 0.459 e. The van der Waals surface area contributed by atoms with Crippen molar-refractivity contribution in [2.45, 2.75) is 43.9 Å². The summed E-state index contributed by atoms with van der Waals surface area (Å²) in [6.07, 6.45) is -2.83. The Morgan fingerprint density at radius 1 is 1.41 bits per heavy atom. The third kappa shape index (κ3) is 5.37. The van der Waals surface area contributed by atoms with Crippen LogP contribution in [0.2, 0.25) is 0 Å². The Morgan fingerprint density at radius 3 is 2.78 bits per heavy atom. The standard InChI is InChI=1S/C21H27N6O9P/c1-11(18(30)33-3)26-37(32,36-12-7-5-4-6-8-12)34-9-13-15(28)21(2,31)19(35-13)27-10-23-14-16(27)24-20(22)25-17(14)29/h4-8,10-11,13,15,19,28,31H,9H2,1-3H3,(H,26,32)(H3,22,24,25,29)/t11-,13+,15+,19?,21+,37?/m0/s1. The molecule has 3 heterocycles. The number of nitrogens with zero attached hydrogens (tertiary/aromatic N) is 3. The van der Waals surface area contributed by atoms with Crippen molar-refractivity contribution in [2.24, 2.45) is 0 Å². The Labute approximate surface area is 210 Å². The molecule has 15 nitrogen and oxygen atoms in total. The van der Waals surface area contributed by atoms with E-state index in [1.807, 2.05) is 0 Å². The highest BCUT2D eigenvalue weighted by atomic mass is 31.2. The molecule has 1 fully saturated rings. The van der Waals surface area contributed by atoms with E-state index < -0.39 is 56.0 Å². The van der Waals surface area contributed by atoms with Gasteiger partial charge in [-0.25, -0.2) is 9.55 Å². The van der Waals surface area contributed by atoms with Crippen LogP contribution in [-0.4, -0.2) is 73.3 Å². The lowest BCUT2D eigenvalue weighted by Gasteiger charge is -2.27. The Kier molecular flexibility index (Phi) is 7.37. The lowest BCUT2D eigenvalue weighted by molar-refractivity contribution is -0.142. The maximum Gasteiger partial charge on any atom is 0.459 e. The fourth-order valence-electron chi connectivity index (χ4n) is 3.84. The molecule has 3 aromatic rings. The molecule has 0 spiro atoms. The molecule has 37 heavy (non-hydrogen) atoms. The number of nitrogen functional groups attached to an aromatic ring is 1. The number of imidazole rings is 1. The van der Waals surface area contributed by atoms with Crippen LogP contribution in [0.5, 0.6) is 5.75 Å². The highest BCUT2D eigenvalue weighted by molar-refractivity contribution is 7.52. The van der Waals surface area contributed by atoms with E-state index in [4.69, 9.17) is 19.5 Å². The van der Waals surface area contributed by atoms with Crippen molar-refractivity contribution in [2.75, 3.05) is 19.5 Å². The number of hydrogen-bond donors (Lipinski definition) is 5. The minimum atomic E-state index is -4.23. The van der Waals surface area contributed by atoms with Gasteiger partial charge in [0.25, 0.3) is 5.56 Å². The number of nitrogens with two attached hydrogens (primary N) is 1.